The van der Waals surface area contributed by atoms with E-state index in [4.69, 9.17) is 10.8 Å². The van der Waals surface area contributed by atoms with E-state index in [2.05, 4.69) is 26.2 Å². The van der Waals surface area contributed by atoms with Gasteiger partial charge in [0.2, 0.25) is 0 Å². The summed E-state index contributed by atoms with van der Waals surface area (Å²) in [6, 6.07) is 5.30. The van der Waals surface area contributed by atoms with Crippen LogP contribution in [-0.2, 0) is 6.42 Å². The molecule has 8 heteroatoms. The van der Waals surface area contributed by atoms with Crippen molar-refractivity contribution in [3.05, 3.63) is 44.3 Å². The van der Waals surface area contributed by atoms with Crippen LogP contribution < -0.4 is 11.1 Å². The summed E-state index contributed by atoms with van der Waals surface area (Å²) in [7, 11) is 0. The molecule has 0 atom stereocenters. The van der Waals surface area contributed by atoms with Crippen LogP contribution in [0.2, 0.25) is 0 Å². The van der Waals surface area contributed by atoms with Gasteiger partial charge in [0, 0.05) is 28.5 Å². The second-order valence-electron chi connectivity index (χ2n) is 4.14. The van der Waals surface area contributed by atoms with E-state index in [0.29, 0.717) is 28.7 Å². The number of benzene rings is 1. The van der Waals surface area contributed by atoms with Crippen molar-refractivity contribution in [2.24, 2.45) is 5.73 Å². The van der Waals surface area contributed by atoms with Crippen molar-refractivity contribution in [1.29, 1.82) is 0 Å². The highest BCUT2D eigenvalue weighted by Gasteiger charge is 2.12. The number of nitrogens with one attached hydrogen (secondary N) is 1. The number of aromatic carboxylic acids is 1. The number of hydrogen-bond donors (Lipinski definition) is 3. The summed E-state index contributed by atoms with van der Waals surface area (Å²) in [5.41, 5.74) is 6.42. The zero-order chi connectivity index (χ0) is 15.4. The molecule has 0 spiro atoms. The van der Waals surface area contributed by atoms with E-state index < -0.39 is 11.9 Å². The number of hydrogen-bond acceptors (Lipinski definition) is 5. The molecule has 1 aromatic heterocycles. The van der Waals surface area contributed by atoms with Gasteiger partial charge in [-0.3, -0.25) is 4.79 Å². The van der Waals surface area contributed by atoms with Crippen LogP contribution in [0.5, 0.6) is 0 Å². The number of anilines is 1. The van der Waals surface area contributed by atoms with E-state index in [9.17, 15) is 9.59 Å². The van der Waals surface area contributed by atoms with Gasteiger partial charge < -0.3 is 16.2 Å². The third-order valence-corrected chi connectivity index (χ3v) is 4.25. The highest BCUT2D eigenvalue weighted by molar-refractivity contribution is 9.10. The predicted octanol–water partition coefficient (Wildman–Crippen LogP) is 2.36. The molecule has 1 heterocycles. The number of carboxylic acids is 1. The average Bonchev–Trinajstić information content (AvgIpc) is 2.87. The lowest BCUT2D eigenvalue weighted by Gasteiger charge is -2.10. The van der Waals surface area contributed by atoms with Gasteiger partial charge in [0.25, 0.3) is 5.91 Å². The molecule has 0 aliphatic heterocycles. The molecule has 0 bridgehead atoms. The molecule has 0 radical (unpaired) electrons. The minimum absolute atomic E-state index is 0.0512. The van der Waals surface area contributed by atoms with Crippen LogP contribution in [0, 0.1) is 0 Å². The molecule has 6 nitrogen and oxygen atoms in total. The molecule has 2 aromatic rings. The van der Waals surface area contributed by atoms with E-state index in [1.54, 1.807) is 18.2 Å². The number of carboxylic acid groups (broad SMARTS) is 1. The third kappa shape index (κ3) is 3.79. The number of carbonyl (C=O) groups excluding carboxylic acids is 1. The van der Waals surface area contributed by atoms with Gasteiger partial charge in [-0.25, -0.2) is 9.78 Å². The summed E-state index contributed by atoms with van der Waals surface area (Å²) in [5, 5.41) is 14.1. The fraction of sp³-hybridized carbons (Fsp3) is 0.154. The van der Waals surface area contributed by atoms with Gasteiger partial charge in [0.1, 0.15) is 0 Å². The van der Waals surface area contributed by atoms with E-state index in [0.717, 1.165) is 5.01 Å². The zero-order valence-corrected chi connectivity index (χ0v) is 13.2. The predicted molar refractivity (Wildman–Crippen MR) is 83.9 cm³/mol. The standard InChI is InChI=1S/C13H12BrN3O3S/c14-7-2-1-3-8(11(7)12(15)18)16-5-4-10-17-9(6-21-10)13(19)20/h1-3,6,16H,4-5H2,(H2,15,18)(H,19,20). The Morgan fingerprint density at radius 1 is 1.43 bits per heavy atom. The Morgan fingerprint density at radius 3 is 2.81 bits per heavy atom. The SMILES string of the molecule is NC(=O)c1c(Br)cccc1NCCc1nc(C(=O)O)cs1. The van der Waals surface area contributed by atoms with E-state index in [-0.39, 0.29) is 5.69 Å². The van der Waals surface area contributed by atoms with Crippen molar-refractivity contribution in [1.82, 2.24) is 4.98 Å². The van der Waals surface area contributed by atoms with Crippen LogP contribution in [0.3, 0.4) is 0 Å². The lowest BCUT2D eigenvalue weighted by Crippen LogP contribution is -2.16. The van der Waals surface area contributed by atoms with Gasteiger partial charge >= 0.3 is 5.97 Å². The number of aromatic nitrogens is 1. The number of nitrogens with two attached hydrogens (primary N) is 1. The van der Waals surface area contributed by atoms with Crippen LogP contribution in [0.25, 0.3) is 0 Å². The minimum atomic E-state index is -1.03. The van der Waals surface area contributed by atoms with Crippen LogP contribution in [0.15, 0.2) is 28.1 Å². The molecular weight excluding hydrogens is 358 g/mol. The molecule has 0 aliphatic rings. The highest BCUT2D eigenvalue weighted by atomic mass is 79.9. The normalized spacial score (nSPS) is 10.3. The van der Waals surface area contributed by atoms with Gasteiger partial charge in [0.15, 0.2) is 5.69 Å². The maximum absolute atomic E-state index is 11.4. The number of carbonyl (C=O) groups is 2. The number of thiazole rings is 1. The lowest BCUT2D eigenvalue weighted by atomic mass is 10.1. The van der Waals surface area contributed by atoms with Crippen LogP contribution in [0.4, 0.5) is 5.69 Å². The Hall–Kier alpha value is -1.93. The Kier molecular flexibility index (Phi) is 4.92. The van der Waals surface area contributed by atoms with E-state index in [1.165, 1.54) is 16.7 Å². The van der Waals surface area contributed by atoms with E-state index in [1.807, 2.05) is 0 Å². The number of primary amides is 1. The quantitative estimate of drug-likeness (QED) is 0.724. The summed E-state index contributed by atoms with van der Waals surface area (Å²) in [6.45, 7) is 0.517. The van der Waals surface area contributed by atoms with Crippen LogP contribution in [-0.4, -0.2) is 28.5 Å². The van der Waals surface area contributed by atoms with Crippen LogP contribution in [0.1, 0.15) is 25.9 Å². The molecule has 110 valence electrons. The second-order valence-corrected chi connectivity index (χ2v) is 5.93. The van der Waals surface area contributed by atoms with Crippen molar-refractivity contribution in [3.8, 4) is 0 Å². The first-order valence-electron chi connectivity index (χ1n) is 5.99. The summed E-state index contributed by atoms with van der Waals surface area (Å²) in [6.07, 6.45) is 0.558. The van der Waals surface area contributed by atoms with Gasteiger partial charge in [-0.1, -0.05) is 6.07 Å². The van der Waals surface area contributed by atoms with Gasteiger partial charge in [0.05, 0.1) is 10.6 Å². The first kappa shape index (κ1) is 15.5. The molecule has 0 aliphatic carbocycles. The van der Waals surface area contributed by atoms with Crippen molar-refractivity contribution in [3.63, 3.8) is 0 Å². The van der Waals surface area contributed by atoms with Gasteiger partial charge in [-0.2, -0.15) is 0 Å². The summed E-state index contributed by atoms with van der Waals surface area (Å²) in [5.74, 6) is -1.55. The maximum atomic E-state index is 11.4. The van der Waals surface area contributed by atoms with Gasteiger partial charge in [-0.05, 0) is 28.1 Å². The fourth-order valence-corrected chi connectivity index (χ4v) is 3.08. The number of amides is 1. The van der Waals surface area contributed by atoms with E-state index >= 15 is 0 Å². The molecule has 0 saturated heterocycles. The summed E-state index contributed by atoms with van der Waals surface area (Å²) < 4.78 is 0.627. The van der Waals surface area contributed by atoms with Crippen molar-refractivity contribution < 1.29 is 14.7 Å². The maximum Gasteiger partial charge on any atom is 0.355 e. The number of rotatable bonds is 6. The zero-order valence-electron chi connectivity index (χ0n) is 10.8. The molecule has 0 fully saturated rings. The molecule has 21 heavy (non-hydrogen) atoms. The monoisotopic (exact) mass is 369 g/mol. The number of halogens is 1. The highest BCUT2D eigenvalue weighted by Crippen LogP contribution is 2.24. The van der Waals surface area contributed by atoms with Crippen molar-refractivity contribution in [2.45, 2.75) is 6.42 Å². The smallest absolute Gasteiger partial charge is 0.355 e. The molecule has 1 aromatic carbocycles. The average molecular weight is 370 g/mol. The van der Waals surface area contributed by atoms with Crippen molar-refractivity contribution in [2.75, 3.05) is 11.9 Å². The molecule has 0 unspecified atom stereocenters. The topological polar surface area (TPSA) is 105 Å². The largest absolute Gasteiger partial charge is 0.476 e. The lowest BCUT2D eigenvalue weighted by molar-refractivity contribution is 0.0691. The molecular formula is C13H12BrN3O3S. The molecule has 4 N–H and O–H groups in total. The van der Waals surface area contributed by atoms with Crippen molar-refractivity contribution >= 4 is 44.8 Å². The Bertz CT molecular complexity index is 687. The first-order valence-corrected chi connectivity index (χ1v) is 7.66. The first-order chi connectivity index (χ1) is 9.99. The second kappa shape index (κ2) is 6.68. The minimum Gasteiger partial charge on any atom is -0.476 e. The third-order valence-electron chi connectivity index (χ3n) is 2.69. The Morgan fingerprint density at radius 2 is 2.19 bits per heavy atom. The Balaban J connectivity index is 2.02. The van der Waals surface area contributed by atoms with Gasteiger partial charge in [-0.15, -0.1) is 11.3 Å². The molecule has 0 saturated carbocycles. The fourth-order valence-electron chi connectivity index (χ4n) is 1.75. The molecule has 1 amide bonds. The number of nitrogens with zero attached hydrogens (tertiary/aromatic N) is 1. The Labute approximate surface area is 133 Å². The summed E-state index contributed by atoms with van der Waals surface area (Å²) in [4.78, 5) is 26.2. The summed E-state index contributed by atoms with van der Waals surface area (Å²) >= 11 is 4.58. The molecule has 2 rings (SSSR count). The van der Waals surface area contributed by atoms with Crippen LogP contribution >= 0.6 is 27.3 Å².